The molecule has 3 aromatic carbocycles. The van der Waals surface area contributed by atoms with E-state index in [4.69, 9.17) is 0 Å². The Morgan fingerprint density at radius 1 is 0.861 bits per heavy atom. The molecule has 0 atom stereocenters. The number of nitrogens with zero attached hydrogens (tertiary/aromatic N) is 5. The lowest BCUT2D eigenvalue weighted by Gasteiger charge is -2.36. The molecule has 0 saturated carbocycles. The Kier molecular flexibility index (Phi) is 6.10. The van der Waals surface area contributed by atoms with Gasteiger partial charge < -0.3 is 0 Å². The molecular formula is C25H26N6O5. The summed E-state index contributed by atoms with van der Waals surface area (Å²) in [6.45, 7) is 7.14. The summed E-state index contributed by atoms with van der Waals surface area (Å²) in [5, 5.41) is 37.6. The number of hydrogen-bond acceptors (Lipinski definition) is 9. The molecule has 1 aliphatic heterocycles. The van der Waals surface area contributed by atoms with Crippen molar-refractivity contribution in [3.05, 3.63) is 98.6 Å². The first kappa shape index (κ1) is 24.6. The molecule has 11 nitrogen and oxygen atoms in total. The molecule has 0 radical (unpaired) electrons. The highest BCUT2D eigenvalue weighted by Crippen LogP contribution is 2.42. The van der Waals surface area contributed by atoms with Crippen LogP contribution in [0.25, 0.3) is 0 Å². The van der Waals surface area contributed by atoms with Crippen LogP contribution >= 0.6 is 0 Å². The number of aliphatic imine (C=N–C) groups is 1. The lowest BCUT2D eigenvalue weighted by atomic mass is 9.84. The summed E-state index contributed by atoms with van der Waals surface area (Å²) in [5.41, 5.74) is 1.22. The summed E-state index contributed by atoms with van der Waals surface area (Å²) >= 11 is 0. The molecule has 0 aromatic heterocycles. The maximum Gasteiger partial charge on any atom is 0.302 e. The molecule has 11 heteroatoms. The molecule has 2 N–H and O–H groups in total. The van der Waals surface area contributed by atoms with Crippen molar-refractivity contribution in [1.29, 1.82) is 0 Å². The molecule has 36 heavy (non-hydrogen) atoms. The van der Waals surface area contributed by atoms with Crippen molar-refractivity contribution in [3.63, 3.8) is 0 Å². The molecule has 0 spiro atoms. The Hall–Kier alpha value is -4.51. The third-order valence-corrected chi connectivity index (χ3v) is 6.61. The monoisotopic (exact) mass is 490 g/mol. The van der Waals surface area contributed by atoms with E-state index in [2.05, 4.69) is 10.4 Å². The molecular weight excluding hydrogens is 464 g/mol. The number of anilines is 3. The zero-order valence-electron chi connectivity index (χ0n) is 20.2. The van der Waals surface area contributed by atoms with E-state index in [-0.39, 0.29) is 17.1 Å². The second kappa shape index (κ2) is 8.93. The zero-order valence-corrected chi connectivity index (χ0v) is 20.2. The standard InChI is InChI=1S/C25H26N6O5/c1-24(2)25(3,4)29(32)23(26-24)17-15-20(30(33)34)22(21(16-17)31(35)36)27-28(18-11-7-5-8-12-18)19-13-9-6-10-14-19/h5-16,27,32H,1-4H3. The number of para-hydroxylation sites is 2. The summed E-state index contributed by atoms with van der Waals surface area (Å²) in [5.74, 6) is 0.0192. The molecule has 4 rings (SSSR count). The van der Waals surface area contributed by atoms with Gasteiger partial charge in [-0.05, 0) is 52.0 Å². The summed E-state index contributed by atoms with van der Waals surface area (Å²) in [7, 11) is 0. The number of nitrogens with one attached hydrogen (secondary N) is 1. The van der Waals surface area contributed by atoms with Crippen LogP contribution in [-0.4, -0.2) is 37.0 Å². The van der Waals surface area contributed by atoms with Gasteiger partial charge in [0, 0.05) is 17.7 Å². The third kappa shape index (κ3) is 4.20. The predicted octanol–water partition coefficient (Wildman–Crippen LogP) is 5.68. The Bertz CT molecular complexity index is 1270. The van der Waals surface area contributed by atoms with Crippen LogP contribution in [0.3, 0.4) is 0 Å². The van der Waals surface area contributed by atoms with Crippen LogP contribution in [-0.2, 0) is 0 Å². The zero-order chi connectivity index (χ0) is 26.3. The van der Waals surface area contributed by atoms with E-state index in [1.54, 1.807) is 76.2 Å². The minimum absolute atomic E-state index is 0.0192. The van der Waals surface area contributed by atoms with Crippen LogP contribution in [0.4, 0.5) is 28.4 Å². The number of hydrazine groups is 1. The van der Waals surface area contributed by atoms with E-state index in [1.165, 1.54) is 17.1 Å². The fourth-order valence-corrected chi connectivity index (χ4v) is 3.85. The Balaban J connectivity index is 1.89. The highest BCUT2D eigenvalue weighted by atomic mass is 16.6. The summed E-state index contributed by atoms with van der Waals surface area (Å²) in [4.78, 5) is 27.5. The van der Waals surface area contributed by atoms with Crippen LogP contribution < -0.4 is 10.4 Å². The quantitative estimate of drug-likeness (QED) is 0.319. The Morgan fingerprint density at radius 2 is 1.31 bits per heavy atom. The first-order valence-electron chi connectivity index (χ1n) is 11.2. The van der Waals surface area contributed by atoms with Gasteiger partial charge in [-0.25, -0.2) is 5.06 Å². The van der Waals surface area contributed by atoms with Crippen molar-refractivity contribution in [1.82, 2.24) is 5.06 Å². The number of rotatable bonds is 7. The minimum atomic E-state index is -0.847. The molecule has 0 saturated heterocycles. The third-order valence-electron chi connectivity index (χ3n) is 6.61. The van der Waals surface area contributed by atoms with Gasteiger partial charge in [0.1, 0.15) is 0 Å². The summed E-state index contributed by atoms with van der Waals surface area (Å²) in [6.07, 6.45) is 0. The second-order valence-corrected chi connectivity index (χ2v) is 9.39. The van der Waals surface area contributed by atoms with Gasteiger partial charge in [0.2, 0.25) is 5.69 Å². The van der Waals surface area contributed by atoms with Crippen molar-refractivity contribution >= 4 is 34.3 Å². The molecule has 0 bridgehead atoms. The van der Waals surface area contributed by atoms with Gasteiger partial charge in [0.15, 0.2) is 5.84 Å². The summed E-state index contributed by atoms with van der Waals surface area (Å²) < 4.78 is 0. The molecule has 0 fully saturated rings. The van der Waals surface area contributed by atoms with Crippen LogP contribution in [0.15, 0.2) is 77.8 Å². The largest absolute Gasteiger partial charge is 0.302 e. The molecule has 0 aliphatic carbocycles. The lowest BCUT2D eigenvalue weighted by Crippen LogP contribution is -2.51. The minimum Gasteiger partial charge on any atom is -0.286 e. The molecule has 186 valence electrons. The van der Waals surface area contributed by atoms with E-state index in [9.17, 15) is 25.4 Å². The van der Waals surface area contributed by atoms with Gasteiger partial charge in [0.05, 0.1) is 32.3 Å². The smallest absolute Gasteiger partial charge is 0.286 e. The summed E-state index contributed by atoms with van der Waals surface area (Å²) in [6, 6.07) is 20.2. The molecule has 0 amide bonds. The van der Waals surface area contributed by atoms with Gasteiger partial charge in [0.25, 0.3) is 0 Å². The second-order valence-electron chi connectivity index (χ2n) is 9.39. The van der Waals surface area contributed by atoms with Crippen molar-refractivity contribution in [3.8, 4) is 0 Å². The van der Waals surface area contributed by atoms with Gasteiger partial charge in [-0.1, -0.05) is 36.4 Å². The Labute approximate surface area is 207 Å². The highest BCUT2D eigenvalue weighted by Gasteiger charge is 2.49. The predicted molar refractivity (Wildman–Crippen MR) is 137 cm³/mol. The van der Waals surface area contributed by atoms with Gasteiger partial charge >= 0.3 is 11.4 Å². The lowest BCUT2D eigenvalue weighted by molar-refractivity contribution is -0.392. The van der Waals surface area contributed by atoms with Crippen LogP contribution in [0.5, 0.6) is 0 Å². The van der Waals surface area contributed by atoms with Crippen molar-refractivity contribution < 1.29 is 15.1 Å². The highest BCUT2D eigenvalue weighted by molar-refractivity contribution is 6.02. The Morgan fingerprint density at radius 3 is 1.67 bits per heavy atom. The number of nitro benzene ring substituents is 2. The maximum absolute atomic E-state index is 12.2. The number of nitro groups is 2. The SMILES string of the molecule is CC1(C)N=C(c2cc([N+](=O)[O-])c(NN(c3ccccc3)c3ccccc3)c([N+](=O)[O-])c2)N(O)C1(C)C. The van der Waals surface area contributed by atoms with E-state index < -0.39 is 32.3 Å². The van der Waals surface area contributed by atoms with Crippen LogP contribution in [0.2, 0.25) is 0 Å². The number of amidine groups is 1. The molecule has 0 unspecified atom stereocenters. The number of benzene rings is 3. The van der Waals surface area contributed by atoms with E-state index in [0.717, 1.165) is 5.06 Å². The normalized spacial score (nSPS) is 15.8. The average Bonchev–Trinajstić information content (AvgIpc) is 3.01. The van der Waals surface area contributed by atoms with Crippen molar-refractivity contribution in [2.75, 3.05) is 10.4 Å². The van der Waals surface area contributed by atoms with E-state index in [0.29, 0.717) is 11.4 Å². The van der Waals surface area contributed by atoms with Gasteiger partial charge in [-0.3, -0.25) is 40.9 Å². The number of hydrogen-bond donors (Lipinski definition) is 2. The fraction of sp³-hybridized carbons (Fsp3) is 0.240. The first-order chi connectivity index (χ1) is 16.9. The topological polar surface area (TPSA) is 137 Å². The van der Waals surface area contributed by atoms with Crippen molar-refractivity contribution in [2.45, 2.75) is 38.8 Å². The van der Waals surface area contributed by atoms with Crippen LogP contribution in [0.1, 0.15) is 33.3 Å². The molecule has 1 aliphatic rings. The molecule has 3 aromatic rings. The van der Waals surface area contributed by atoms with E-state index in [1.807, 2.05) is 12.1 Å². The van der Waals surface area contributed by atoms with Gasteiger partial charge in [-0.15, -0.1) is 0 Å². The van der Waals surface area contributed by atoms with Crippen LogP contribution in [0, 0.1) is 20.2 Å². The number of hydroxylamine groups is 2. The van der Waals surface area contributed by atoms with E-state index >= 15 is 0 Å². The maximum atomic E-state index is 12.2. The molecule has 1 heterocycles. The first-order valence-corrected chi connectivity index (χ1v) is 11.2. The average molecular weight is 491 g/mol. The van der Waals surface area contributed by atoms with Gasteiger partial charge in [-0.2, -0.15) is 0 Å². The van der Waals surface area contributed by atoms with Crippen molar-refractivity contribution in [2.24, 2.45) is 4.99 Å². The fourth-order valence-electron chi connectivity index (χ4n) is 3.85.